The van der Waals surface area contributed by atoms with Gasteiger partial charge in [-0.1, -0.05) is 0 Å². The molecule has 2 rings (SSSR count). The highest BCUT2D eigenvalue weighted by Crippen LogP contribution is 2.35. The Kier molecular flexibility index (Phi) is 0.926. The molecule has 3 heteroatoms. The van der Waals surface area contributed by atoms with Crippen LogP contribution in [0.1, 0.15) is 6.42 Å². The van der Waals surface area contributed by atoms with Crippen LogP contribution < -0.4 is 0 Å². The molecule has 0 amide bonds. The van der Waals surface area contributed by atoms with Crippen molar-refractivity contribution in [3.05, 3.63) is 0 Å². The van der Waals surface area contributed by atoms with E-state index in [1.54, 1.807) is 0 Å². The fraction of sp³-hybridized carbons (Fsp3) is 0.833. The van der Waals surface area contributed by atoms with Crippen LogP contribution in [0.15, 0.2) is 4.99 Å². The summed E-state index contributed by atoms with van der Waals surface area (Å²) in [6, 6.07) is 0. The predicted octanol–water partition coefficient (Wildman–Crippen LogP) is -0.409. The van der Waals surface area contributed by atoms with Crippen LogP contribution in [0.25, 0.3) is 0 Å². The van der Waals surface area contributed by atoms with E-state index in [0.717, 1.165) is 6.42 Å². The number of aliphatic hydroxyl groups is 1. The molecule has 2 aliphatic rings. The quantitative estimate of drug-likeness (QED) is 0.450. The molecule has 2 atom stereocenters. The Morgan fingerprint density at radius 2 is 2.56 bits per heavy atom. The zero-order chi connectivity index (χ0) is 6.32. The third kappa shape index (κ3) is 0.686. The van der Waals surface area contributed by atoms with Gasteiger partial charge < -0.3 is 9.84 Å². The normalized spacial score (nSPS) is 47.9. The summed E-state index contributed by atoms with van der Waals surface area (Å²) in [5.74, 6) is 0. The molecule has 2 heterocycles. The molecule has 0 aliphatic carbocycles. The maximum Gasteiger partial charge on any atom is 0.124 e. The Labute approximate surface area is 53.4 Å². The van der Waals surface area contributed by atoms with E-state index < -0.39 is 0 Å². The molecule has 0 aromatic heterocycles. The van der Waals surface area contributed by atoms with Crippen molar-refractivity contribution in [3.63, 3.8) is 0 Å². The van der Waals surface area contributed by atoms with E-state index in [1.807, 2.05) is 6.21 Å². The summed E-state index contributed by atoms with van der Waals surface area (Å²) < 4.78 is 5.11. The first-order chi connectivity index (χ1) is 4.33. The first-order valence-electron chi connectivity index (χ1n) is 3.14. The molecule has 1 N–H and O–H groups in total. The van der Waals surface area contributed by atoms with Crippen molar-refractivity contribution in [1.82, 2.24) is 0 Å². The lowest BCUT2D eigenvalue weighted by Gasteiger charge is -2.18. The summed E-state index contributed by atoms with van der Waals surface area (Å²) in [5, 5.41) is 9.26. The second-order valence-corrected chi connectivity index (χ2v) is 2.62. The molecule has 0 aromatic rings. The average molecular weight is 127 g/mol. The minimum Gasteiger partial charge on any atom is -0.388 e. The van der Waals surface area contributed by atoms with E-state index >= 15 is 0 Å². The van der Waals surface area contributed by atoms with Crippen LogP contribution in [0.4, 0.5) is 0 Å². The monoisotopic (exact) mass is 127 g/mol. The van der Waals surface area contributed by atoms with Crippen LogP contribution in [0.2, 0.25) is 0 Å². The van der Waals surface area contributed by atoms with E-state index in [4.69, 9.17) is 4.74 Å². The fourth-order valence-corrected chi connectivity index (χ4v) is 1.10. The molecule has 50 valence electrons. The molecule has 1 fully saturated rings. The first-order valence-corrected chi connectivity index (χ1v) is 3.14. The number of hydrogen-bond acceptors (Lipinski definition) is 3. The van der Waals surface area contributed by atoms with Gasteiger partial charge in [-0.05, 0) is 0 Å². The van der Waals surface area contributed by atoms with Crippen LogP contribution in [0.5, 0.6) is 0 Å². The van der Waals surface area contributed by atoms with Crippen LogP contribution in [-0.2, 0) is 4.74 Å². The summed E-state index contributed by atoms with van der Waals surface area (Å²) in [5.41, 5.74) is -0.207. The highest BCUT2D eigenvalue weighted by atomic mass is 16.6. The minimum atomic E-state index is -0.359. The van der Waals surface area contributed by atoms with Crippen LogP contribution in [0, 0.1) is 0 Å². The summed E-state index contributed by atoms with van der Waals surface area (Å²) in [4.78, 5) is 3.94. The Balaban J connectivity index is 2.15. The van der Waals surface area contributed by atoms with E-state index in [0.29, 0.717) is 13.2 Å². The standard InChI is InChI=1S/C6H9NO2/c8-5-3-7-2-1-6(5)4-9-6/h2,5,8H,1,3-4H2. The van der Waals surface area contributed by atoms with Gasteiger partial charge in [0.15, 0.2) is 0 Å². The highest BCUT2D eigenvalue weighted by Gasteiger charge is 2.51. The van der Waals surface area contributed by atoms with Crippen molar-refractivity contribution < 1.29 is 9.84 Å². The Morgan fingerprint density at radius 1 is 1.78 bits per heavy atom. The van der Waals surface area contributed by atoms with Crippen molar-refractivity contribution in [2.75, 3.05) is 13.2 Å². The number of nitrogens with zero attached hydrogens (tertiary/aromatic N) is 1. The smallest absolute Gasteiger partial charge is 0.124 e. The van der Waals surface area contributed by atoms with E-state index in [-0.39, 0.29) is 11.7 Å². The van der Waals surface area contributed by atoms with Gasteiger partial charge in [-0.15, -0.1) is 0 Å². The summed E-state index contributed by atoms with van der Waals surface area (Å²) in [6.07, 6.45) is 2.26. The van der Waals surface area contributed by atoms with Crippen LogP contribution >= 0.6 is 0 Å². The van der Waals surface area contributed by atoms with E-state index in [9.17, 15) is 5.11 Å². The number of ether oxygens (including phenoxy) is 1. The number of rotatable bonds is 0. The second-order valence-electron chi connectivity index (χ2n) is 2.62. The molecule has 2 aliphatic heterocycles. The predicted molar refractivity (Wildman–Crippen MR) is 32.7 cm³/mol. The van der Waals surface area contributed by atoms with Gasteiger partial charge in [-0.3, -0.25) is 4.99 Å². The largest absolute Gasteiger partial charge is 0.388 e. The molecule has 0 radical (unpaired) electrons. The van der Waals surface area contributed by atoms with Crippen LogP contribution in [0.3, 0.4) is 0 Å². The highest BCUT2D eigenvalue weighted by molar-refractivity contribution is 5.61. The topological polar surface area (TPSA) is 45.1 Å². The average Bonchev–Trinajstić information content (AvgIpc) is 2.60. The summed E-state index contributed by atoms with van der Waals surface area (Å²) in [6.45, 7) is 1.22. The van der Waals surface area contributed by atoms with Crippen molar-refractivity contribution in [2.24, 2.45) is 4.99 Å². The van der Waals surface area contributed by atoms with Gasteiger partial charge in [0.1, 0.15) is 11.7 Å². The van der Waals surface area contributed by atoms with E-state index in [1.165, 1.54) is 0 Å². The van der Waals surface area contributed by atoms with Gasteiger partial charge >= 0.3 is 0 Å². The molecule has 0 saturated carbocycles. The number of aliphatic hydroxyl groups excluding tert-OH is 1. The van der Waals surface area contributed by atoms with Crippen molar-refractivity contribution in [1.29, 1.82) is 0 Å². The third-order valence-corrected chi connectivity index (χ3v) is 1.97. The number of epoxide rings is 1. The van der Waals surface area contributed by atoms with Crippen molar-refractivity contribution in [3.8, 4) is 0 Å². The Morgan fingerprint density at radius 3 is 3.00 bits per heavy atom. The maximum absolute atomic E-state index is 9.26. The molecule has 0 bridgehead atoms. The molecule has 9 heavy (non-hydrogen) atoms. The van der Waals surface area contributed by atoms with Gasteiger partial charge in [0, 0.05) is 12.6 Å². The van der Waals surface area contributed by atoms with Gasteiger partial charge in [-0.2, -0.15) is 0 Å². The van der Waals surface area contributed by atoms with Crippen molar-refractivity contribution in [2.45, 2.75) is 18.1 Å². The zero-order valence-corrected chi connectivity index (χ0v) is 5.08. The van der Waals surface area contributed by atoms with Gasteiger partial charge in [0.25, 0.3) is 0 Å². The lowest BCUT2D eigenvalue weighted by atomic mass is 9.98. The SMILES string of the molecule is OC1CN=CCC12CO2. The molecule has 0 aromatic carbocycles. The number of aliphatic imine (C=N–C) groups is 1. The molecular formula is C6H9NO2. The molecule has 2 unspecified atom stereocenters. The van der Waals surface area contributed by atoms with Crippen LogP contribution in [-0.4, -0.2) is 36.2 Å². The fourth-order valence-electron chi connectivity index (χ4n) is 1.10. The summed E-state index contributed by atoms with van der Waals surface area (Å²) >= 11 is 0. The minimum absolute atomic E-state index is 0.207. The second kappa shape index (κ2) is 1.55. The number of hydrogen-bond donors (Lipinski definition) is 1. The lowest BCUT2D eigenvalue weighted by Crippen LogP contribution is -2.35. The first kappa shape index (κ1) is 5.38. The zero-order valence-electron chi connectivity index (χ0n) is 5.08. The third-order valence-electron chi connectivity index (χ3n) is 1.97. The molecule has 1 saturated heterocycles. The molecule has 3 nitrogen and oxygen atoms in total. The maximum atomic E-state index is 9.26. The Hall–Kier alpha value is -0.410. The molecular weight excluding hydrogens is 118 g/mol. The van der Waals surface area contributed by atoms with Gasteiger partial charge in [0.2, 0.25) is 0 Å². The van der Waals surface area contributed by atoms with Gasteiger partial charge in [0.05, 0.1) is 13.2 Å². The van der Waals surface area contributed by atoms with Crippen molar-refractivity contribution >= 4 is 6.21 Å². The summed E-state index contributed by atoms with van der Waals surface area (Å²) in [7, 11) is 0. The molecule has 1 spiro atoms. The lowest BCUT2D eigenvalue weighted by molar-refractivity contribution is 0.0817. The van der Waals surface area contributed by atoms with E-state index in [2.05, 4.69) is 4.99 Å². The Bertz CT molecular complexity index is 151. The van der Waals surface area contributed by atoms with Gasteiger partial charge in [-0.25, -0.2) is 0 Å².